The van der Waals surface area contributed by atoms with Crippen molar-refractivity contribution in [3.63, 3.8) is 0 Å². The Kier molecular flexibility index (Phi) is 3.64. The fourth-order valence-electron chi connectivity index (χ4n) is 1.46. The summed E-state index contributed by atoms with van der Waals surface area (Å²) in [6.45, 7) is 0.359. The second kappa shape index (κ2) is 5.38. The van der Waals surface area contributed by atoms with Gasteiger partial charge in [0.1, 0.15) is 18.4 Å². The molecule has 0 saturated carbocycles. The van der Waals surface area contributed by atoms with Crippen molar-refractivity contribution >= 4 is 11.6 Å². The smallest absolute Gasteiger partial charge is 0.137 e. The lowest BCUT2D eigenvalue weighted by Gasteiger charge is -2.08. The molecule has 0 atom stereocenters. The maximum Gasteiger partial charge on any atom is 0.137 e. The molecule has 0 aliphatic carbocycles. The highest BCUT2D eigenvalue weighted by Gasteiger charge is 2.03. The number of benzene rings is 2. The minimum atomic E-state index is 0.359. The molecule has 0 radical (unpaired) electrons. The third-order valence-corrected chi connectivity index (χ3v) is 2.72. The first-order valence-electron chi connectivity index (χ1n) is 5.16. The van der Waals surface area contributed by atoms with Crippen molar-refractivity contribution in [1.82, 2.24) is 0 Å². The van der Waals surface area contributed by atoms with Crippen LogP contribution in [0.2, 0.25) is 5.02 Å². The highest BCUT2D eigenvalue weighted by molar-refractivity contribution is 6.31. The topological polar surface area (TPSA) is 33.0 Å². The minimum Gasteiger partial charge on any atom is -0.487 e. The van der Waals surface area contributed by atoms with Crippen molar-refractivity contribution in [1.29, 1.82) is 5.26 Å². The van der Waals surface area contributed by atoms with Gasteiger partial charge in [-0.2, -0.15) is 5.26 Å². The number of hydrogen-bond acceptors (Lipinski definition) is 2. The van der Waals surface area contributed by atoms with E-state index in [4.69, 9.17) is 21.6 Å². The van der Waals surface area contributed by atoms with Crippen LogP contribution in [-0.4, -0.2) is 0 Å². The molecule has 0 bridgehead atoms. The van der Waals surface area contributed by atoms with Crippen LogP contribution < -0.4 is 4.74 Å². The zero-order valence-corrected chi connectivity index (χ0v) is 9.82. The quantitative estimate of drug-likeness (QED) is 0.822. The first kappa shape index (κ1) is 11.5. The average molecular weight is 244 g/mol. The van der Waals surface area contributed by atoms with E-state index >= 15 is 0 Å². The molecule has 2 aromatic rings. The molecule has 0 spiro atoms. The molecule has 0 aromatic heterocycles. The summed E-state index contributed by atoms with van der Waals surface area (Å²) < 4.78 is 5.59. The lowest BCUT2D eigenvalue weighted by Crippen LogP contribution is -1.97. The molecule has 2 nitrogen and oxygen atoms in total. The number of hydrogen-bond donors (Lipinski definition) is 0. The molecule has 0 fully saturated rings. The van der Waals surface area contributed by atoms with Crippen LogP contribution in [0.5, 0.6) is 5.75 Å². The summed E-state index contributed by atoms with van der Waals surface area (Å²) in [6, 6.07) is 16.7. The van der Waals surface area contributed by atoms with Crippen LogP contribution in [-0.2, 0) is 6.61 Å². The molecule has 0 N–H and O–H groups in total. The van der Waals surface area contributed by atoms with E-state index in [-0.39, 0.29) is 0 Å². The van der Waals surface area contributed by atoms with Gasteiger partial charge in [-0.3, -0.25) is 0 Å². The van der Waals surface area contributed by atoms with E-state index in [1.165, 1.54) is 0 Å². The lowest BCUT2D eigenvalue weighted by atomic mass is 10.2. The van der Waals surface area contributed by atoms with Crippen LogP contribution in [0.1, 0.15) is 11.1 Å². The van der Waals surface area contributed by atoms with Crippen LogP contribution >= 0.6 is 11.6 Å². The van der Waals surface area contributed by atoms with Crippen molar-refractivity contribution in [2.75, 3.05) is 0 Å². The van der Waals surface area contributed by atoms with Crippen LogP contribution in [0.4, 0.5) is 0 Å². The largest absolute Gasteiger partial charge is 0.487 e. The second-order valence-corrected chi connectivity index (χ2v) is 3.90. The van der Waals surface area contributed by atoms with E-state index in [0.29, 0.717) is 22.9 Å². The average Bonchev–Trinajstić information content (AvgIpc) is 2.38. The molecular formula is C14H10ClNO. The van der Waals surface area contributed by atoms with Gasteiger partial charge in [0.15, 0.2) is 0 Å². The number of rotatable bonds is 3. The number of nitrogens with zero attached hydrogens (tertiary/aromatic N) is 1. The molecule has 3 heteroatoms. The molecule has 0 unspecified atom stereocenters. The number of nitriles is 1. The monoisotopic (exact) mass is 243 g/mol. The van der Waals surface area contributed by atoms with Crippen LogP contribution in [0.3, 0.4) is 0 Å². The normalized spacial score (nSPS) is 9.65. The fraction of sp³-hybridized carbons (Fsp3) is 0.0714. The number of halogens is 1. The molecule has 0 saturated heterocycles. The van der Waals surface area contributed by atoms with Crippen molar-refractivity contribution in [3.8, 4) is 11.8 Å². The van der Waals surface area contributed by atoms with Crippen molar-refractivity contribution in [2.45, 2.75) is 6.61 Å². The van der Waals surface area contributed by atoms with Crippen LogP contribution in [0.25, 0.3) is 0 Å². The zero-order chi connectivity index (χ0) is 12.1. The molecule has 0 amide bonds. The Morgan fingerprint density at radius 2 is 1.76 bits per heavy atom. The molecule has 2 aromatic carbocycles. The first-order valence-corrected chi connectivity index (χ1v) is 5.54. The summed E-state index contributed by atoms with van der Waals surface area (Å²) in [5.74, 6) is 0.579. The van der Waals surface area contributed by atoms with Gasteiger partial charge < -0.3 is 4.74 Å². The van der Waals surface area contributed by atoms with Gasteiger partial charge >= 0.3 is 0 Å². The van der Waals surface area contributed by atoms with Gasteiger partial charge in [-0.05, 0) is 18.2 Å². The van der Waals surface area contributed by atoms with Crippen molar-refractivity contribution in [2.24, 2.45) is 0 Å². The summed E-state index contributed by atoms with van der Waals surface area (Å²) >= 11 is 6.02. The predicted molar refractivity (Wildman–Crippen MR) is 66.9 cm³/mol. The highest BCUT2D eigenvalue weighted by atomic mass is 35.5. The Bertz CT molecular complexity index is 560. The van der Waals surface area contributed by atoms with E-state index in [1.807, 2.05) is 30.3 Å². The Hall–Kier alpha value is -1.98. The maximum absolute atomic E-state index is 8.91. The first-order chi connectivity index (χ1) is 8.31. The van der Waals surface area contributed by atoms with Gasteiger partial charge in [0.2, 0.25) is 0 Å². The molecular weight excluding hydrogens is 234 g/mol. The Morgan fingerprint density at radius 1 is 1.06 bits per heavy atom. The van der Waals surface area contributed by atoms with Gasteiger partial charge in [0.25, 0.3) is 0 Å². The van der Waals surface area contributed by atoms with Crippen molar-refractivity contribution < 1.29 is 4.74 Å². The van der Waals surface area contributed by atoms with Gasteiger partial charge in [-0.1, -0.05) is 41.9 Å². The standard InChI is InChI=1S/C14H10ClNO/c15-13-7-3-1-6-12(13)10-17-14-8-4-2-5-11(14)9-16/h1-8H,10H2. The second-order valence-electron chi connectivity index (χ2n) is 3.49. The number of para-hydroxylation sites is 1. The van der Waals surface area contributed by atoms with Gasteiger partial charge in [-0.15, -0.1) is 0 Å². The van der Waals surface area contributed by atoms with E-state index < -0.39 is 0 Å². The molecule has 0 aliphatic rings. The van der Waals surface area contributed by atoms with E-state index in [9.17, 15) is 0 Å². The van der Waals surface area contributed by atoms with Gasteiger partial charge in [-0.25, -0.2) is 0 Å². The summed E-state index contributed by atoms with van der Waals surface area (Å²) in [7, 11) is 0. The van der Waals surface area contributed by atoms with Crippen LogP contribution in [0, 0.1) is 11.3 Å². The summed E-state index contributed by atoms with van der Waals surface area (Å²) in [6.07, 6.45) is 0. The Morgan fingerprint density at radius 3 is 2.53 bits per heavy atom. The third kappa shape index (κ3) is 2.77. The van der Waals surface area contributed by atoms with E-state index in [0.717, 1.165) is 5.56 Å². The molecule has 0 heterocycles. The fourth-order valence-corrected chi connectivity index (χ4v) is 1.65. The summed E-state index contributed by atoms with van der Waals surface area (Å²) in [4.78, 5) is 0. The van der Waals surface area contributed by atoms with Crippen molar-refractivity contribution in [3.05, 3.63) is 64.7 Å². The van der Waals surface area contributed by atoms with Gasteiger partial charge in [0, 0.05) is 10.6 Å². The molecule has 17 heavy (non-hydrogen) atoms. The Balaban J connectivity index is 2.13. The Labute approximate surface area is 105 Å². The third-order valence-electron chi connectivity index (χ3n) is 2.35. The summed E-state index contributed by atoms with van der Waals surface area (Å²) in [5.41, 5.74) is 1.43. The van der Waals surface area contributed by atoms with E-state index in [1.54, 1.807) is 18.2 Å². The molecule has 0 aliphatic heterocycles. The summed E-state index contributed by atoms with van der Waals surface area (Å²) in [5, 5.41) is 9.58. The predicted octanol–water partition coefficient (Wildman–Crippen LogP) is 3.79. The SMILES string of the molecule is N#Cc1ccccc1OCc1ccccc1Cl. The molecule has 2 rings (SSSR count). The maximum atomic E-state index is 8.91. The lowest BCUT2D eigenvalue weighted by molar-refractivity contribution is 0.305. The molecule has 84 valence electrons. The zero-order valence-electron chi connectivity index (χ0n) is 9.06. The van der Waals surface area contributed by atoms with Crippen LogP contribution in [0.15, 0.2) is 48.5 Å². The van der Waals surface area contributed by atoms with E-state index in [2.05, 4.69) is 6.07 Å². The number of ether oxygens (including phenoxy) is 1. The van der Waals surface area contributed by atoms with Gasteiger partial charge in [0.05, 0.1) is 5.56 Å². The highest BCUT2D eigenvalue weighted by Crippen LogP contribution is 2.21. The minimum absolute atomic E-state index is 0.359.